The Morgan fingerprint density at radius 1 is 1.07 bits per heavy atom. The van der Waals surface area contributed by atoms with Crippen molar-refractivity contribution >= 4 is 0 Å². The summed E-state index contributed by atoms with van der Waals surface area (Å²) < 4.78 is 0. The van der Waals surface area contributed by atoms with Crippen molar-refractivity contribution in [2.24, 2.45) is 23.7 Å². The fraction of sp³-hybridized carbons (Fsp3) is 1.00. The molecule has 3 rings (SSSR count). The summed E-state index contributed by atoms with van der Waals surface area (Å²) in [7, 11) is 0. The van der Waals surface area contributed by atoms with Crippen LogP contribution in [-0.4, -0.2) is 24.3 Å². The van der Waals surface area contributed by atoms with Gasteiger partial charge in [-0.15, -0.1) is 0 Å². The molecule has 0 amide bonds. The second-order valence-corrected chi connectivity index (χ2v) is 5.79. The van der Waals surface area contributed by atoms with Gasteiger partial charge in [-0.3, -0.25) is 0 Å². The molecule has 2 heteroatoms. The summed E-state index contributed by atoms with van der Waals surface area (Å²) in [6.45, 7) is 1.35. The molecule has 0 heterocycles. The number of nitrogens with one attached hydrogen (secondary N) is 1. The predicted octanol–water partition coefficient (Wildman–Crippen LogP) is 1.78. The maximum absolute atomic E-state index is 8.78. The Morgan fingerprint density at radius 2 is 1.93 bits per heavy atom. The minimum absolute atomic E-state index is 0.333. The number of hydrogen-bond acceptors (Lipinski definition) is 2. The summed E-state index contributed by atoms with van der Waals surface area (Å²) in [4.78, 5) is 0. The van der Waals surface area contributed by atoms with Gasteiger partial charge in [-0.1, -0.05) is 6.42 Å². The molecule has 0 saturated heterocycles. The lowest BCUT2D eigenvalue weighted by atomic mass is 9.79. The highest BCUT2D eigenvalue weighted by molar-refractivity contribution is 5.05. The van der Waals surface area contributed by atoms with Crippen LogP contribution in [0.15, 0.2) is 0 Å². The monoisotopic (exact) mass is 209 g/mol. The number of hydrogen-bond donors (Lipinski definition) is 2. The van der Waals surface area contributed by atoms with Gasteiger partial charge in [0.15, 0.2) is 0 Å². The number of rotatable bonds is 4. The Bertz CT molecular complexity index is 231. The van der Waals surface area contributed by atoms with E-state index in [4.69, 9.17) is 5.11 Å². The van der Waals surface area contributed by atoms with Gasteiger partial charge in [0, 0.05) is 12.6 Å². The molecule has 3 saturated carbocycles. The first-order valence-corrected chi connectivity index (χ1v) is 6.74. The molecular weight excluding hydrogens is 186 g/mol. The minimum Gasteiger partial charge on any atom is -0.396 e. The highest BCUT2D eigenvalue weighted by atomic mass is 16.3. The number of fused-ring (bicyclic) bond motifs is 5. The second kappa shape index (κ2) is 4.06. The average Bonchev–Trinajstić information content (AvgIpc) is 2.89. The van der Waals surface area contributed by atoms with Gasteiger partial charge >= 0.3 is 0 Å². The zero-order chi connectivity index (χ0) is 10.3. The van der Waals surface area contributed by atoms with E-state index in [1.165, 1.54) is 32.1 Å². The molecule has 2 N–H and O–H groups in total. The smallest absolute Gasteiger partial charge is 0.0443 e. The molecule has 3 aliphatic carbocycles. The Labute approximate surface area is 92.4 Å². The fourth-order valence-electron chi connectivity index (χ4n) is 4.67. The van der Waals surface area contributed by atoms with E-state index in [9.17, 15) is 0 Å². The highest BCUT2D eigenvalue weighted by Crippen LogP contribution is 2.58. The summed E-state index contributed by atoms with van der Waals surface area (Å²) in [6.07, 6.45) is 8.37. The van der Waals surface area contributed by atoms with Crippen molar-refractivity contribution < 1.29 is 5.11 Å². The Morgan fingerprint density at radius 3 is 2.80 bits per heavy atom. The first-order chi connectivity index (χ1) is 7.40. The lowest BCUT2D eigenvalue weighted by Gasteiger charge is -2.32. The van der Waals surface area contributed by atoms with E-state index in [-0.39, 0.29) is 0 Å². The van der Waals surface area contributed by atoms with Crippen molar-refractivity contribution in [1.29, 1.82) is 0 Å². The molecule has 3 fully saturated rings. The molecule has 15 heavy (non-hydrogen) atoms. The van der Waals surface area contributed by atoms with Crippen LogP contribution in [0, 0.1) is 23.7 Å². The van der Waals surface area contributed by atoms with Crippen molar-refractivity contribution in [1.82, 2.24) is 5.32 Å². The van der Waals surface area contributed by atoms with Gasteiger partial charge in [0.05, 0.1) is 0 Å². The fourth-order valence-corrected chi connectivity index (χ4v) is 4.67. The van der Waals surface area contributed by atoms with E-state index in [0.29, 0.717) is 6.61 Å². The molecule has 86 valence electrons. The summed E-state index contributed by atoms with van der Waals surface area (Å²) in [5, 5.41) is 12.4. The second-order valence-electron chi connectivity index (χ2n) is 5.79. The van der Waals surface area contributed by atoms with Crippen LogP contribution in [0.2, 0.25) is 0 Å². The topological polar surface area (TPSA) is 32.3 Å². The van der Waals surface area contributed by atoms with Gasteiger partial charge in [0.2, 0.25) is 0 Å². The largest absolute Gasteiger partial charge is 0.396 e. The summed E-state index contributed by atoms with van der Waals surface area (Å²) in [5.74, 6) is 4.21. The molecule has 3 aliphatic rings. The third kappa shape index (κ3) is 1.62. The van der Waals surface area contributed by atoms with Crippen LogP contribution >= 0.6 is 0 Å². The van der Waals surface area contributed by atoms with Crippen LogP contribution in [0.4, 0.5) is 0 Å². The van der Waals surface area contributed by atoms with Gasteiger partial charge < -0.3 is 10.4 Å². The van der Waals surface area contributed by atoms with Gasteiger partial charge in [-0.25, -0.2) is 0 Å². The number of aliphatic hydroxyl groups is 1. The van der Waals surface area contributed by atoms with Crippen LogP contribution in [0.3, 0.4) is 0 Å². The SMILES string of the molecule is OCCCN[C@@H]1C[C@H]2C[C@H]1[C@@H]1CCC[C@H]21. The van der Waals surface area contributed by atoms with Gasteiger partial charge in [0.1, 0.15) is 0 Å². The third-order valence-corrected chi connectivity index (χ3v) is 5.17. The molecule has 0 aromatic heterocycles. The Balaban J connectivity index is 1.56. The maximum atomic E-state index is 8.78. The van der Waals surface area contributed by atoms with E-state index in [1.807, 2.05) is 0 Å². The molecule has 2 bridgehead atoms. The standard InChI is InChI=1S/C13H23NO/c15-6-2-5-14-13-8-9-7-12(13)11-4-1-3-10(9)11/h9-15H,1-8H2/t9-,10-,11-,12+,13-/m1/s1. The average molecular weight is 209 g/mol. The van der Waals surface area contributed by atoms with Crippen molar-refractivity contribution in [2.45, 2.75) is 44.6 Å². The molecule has 0 radical (unpaired) electrons. The highest BCUT2D eigenvalue weighted by Gasteiger charge is 2.53. The Kier molecular flexibility index (Phi) is 2.73. The molecule has 2 nitrogen and oxygen atoms in total. The van der Waals surface area contributed by atoms with Crippen molar-refractivity contribution in [3.8, 4) is 0 Å². The number of aliphatic hydroxyl groups excluding tert-OH is 1. The van der Waals surface area contributed by atoms with E-state index < -0.39 is 0 Å². The molecule has 0 unspecified atom stereocenters. The summed E-state index contributed by atoms with van der Waals surface area (Å²) in [6, 6.07) is 0.792. The summed E-state index contributed by atoms with van der Waals surface area (Å²) >= 11 is 0. The lowest BCUT2D eigenvalue weighted by molar-refractivity contribution is 0.204. The van der Waals surface area contributed by atoms with Crippen molar-refractivity contribution in [2.75, 3.05) is 13.2 Å². The normalized spacial score (nSPS) is 47.4. The molecule has 5 atom stereocenters. The molecule has 0 spiro atoms. The zero-order valence-corrected chi connectivity index (χ0v) is 9.49. The van der Waals surface area contributed by atoms with Crippen LogP contribution in [0.1, 0.15) is 38.5 Å². The van der Waals surface area contributed by atoms with E-state index in [1.54, 1.807) is 0 Å². The molecule has 0 aromatic carbocycles. The Hall–Kier alpha value is -0.0800. The van der Waals surface area contributed by atoms with Gasteiger partial charge in [0.25, 0.3) is 0 Å². The van der Waals surface area contributed by atoms with Crippen molar-refractivity contribution in [3.05, 3.63) is 0 Å². The quantitative estimate of drug-likeness (QED) is 0.692. The molecular formula is C13H23NO. The van der Waals surface area contributed by atoms with Crippen LogP contribution in [-0.2, 0) is 0 Å². The van der Waals surface area contributed by atoms with Gasteiger partial charge in [-0.05, 0) is 62.3 Å². The minimum atomic E-state index is 0.333. The van der Waals surface area contributed by atoms with Gasteiger partial charge in [-0.2, -0.15) is 0 Å². The van der Waals surface area contributed by atoms with Crippen molar-refractivity contribution in [3.63, 3.8) is 0 Å². The van der Waals surface area contributed by atoms with Crippen LogP contribution in [0.5, 0.6) is 0 Å². The predicted molar refractivity (Wildman–Crippen MR) is 60.5 cm³/mol. The zero-order valence-electron chi connectivity index (χ0n) is 9.49. The lowest BCUT2D eigenvalue weighted by Crippen LogP contribution is -2.39. The van der Waals surface area contributed by atoms with E-state index >= 15 is 0 Å². The first kappa shape index (κ1) is 10.1. The molecule has 0 aliphatic heterocycles. The third-order valence-electron chi connectivity index (χ3n) is 5.17. The van der Waals surface area contributed by atoms with E-state index in [2.05, 4.69) is 5.32 Å². The summed E-state index contributed by atoms with van der Waals surface area (Å²) in [5.41, 5.74) is 0. The van der Waals surface area contributed by atoms with E-state index in [0.717, 1.165) is 42.7 Å². The maximum Gasteiger partial charge on any atom is 0.0443 e. The first-order valence-electron chi connectivity index (χ1n) is 6.74. The van der Waals surface area contributed by atoms with Crippen LogP contribution < -0.4 is 5.32 Å². The van der Waals surface area contributed by atoms with Crippen LogP contribution in [0.25, 0.3) is 0 Å². The molecule has 0 aromatic rings.